The summed E-state index contributed by atoms with van der Waals surface area (Å²) in [6.45, 7) is 2.72. The summed E-state index contributed by atoms with van der Waals surface area (Å²) >= 11 is 0. The number of carbonyl (C=O) groups excluding carboxylic acids is 1. The Kier molecular flexibility index (Phi) is 6.67. The van der Waals surface area contributed by atoms with Gasteiger partial charge in [0, 0.05) is 12.5 Å². The number of piperidine rings is 1. The molecule has 1 heterocycles. The fourth-order valence-electron chi connectivity index (χ4n) is 2.14. The van der Waals surface area contributed by atoms with Crippen molar-refractivity contribution in [3.05, 3.63) is 29.8 Å². The molecule has 1 fully saturated rings. The van der Waals surface area contributed by atoms with Crippen LogP contribution in [0.5, 0.6) is 5.75 Å². The standard InChI is InChI=1S/C14H19NO3.ClH/c1-17-14(16)12-6-2-3-7-13(12)18-10-11-5-4-8-15-9-11;/h2-3,6-7,11,15H,4-5,8-10H2,1H3;1H. The van der Waals surface area contributed by atoms with E-state index >= 15 is 0 Å². The number of carbonyl (C=O) groups is 1. The van der Waals surface area contributed by atoms with E-state index in [1.807, 2.05) is 12.1 Å². The third-order valence-electron chi connectivity index (χ3n) is 3.17. The molecule has 0 bridgehead atoms. The molecule has 1 aromatic carbocycles. The number of rotatable bonds is 4. The van der Waals surface area contributed by atoms with Crippen molar-refractivity contribution in [2.45, 2.75) is 12.8 Å². The third kappa shape index (κ3) is 4.40. The van der Waals surface area contributed by atoms with E-state index in [1.165, 1.54) is 20.0 Å². The van der Waals surface area contributed by atoms with Crippen molar-refractivity contribution in [1.82, 2.24) is 5.32 Å². The zero-order valence-electron chi connectivity index (χ0n) is 11.1. The normalized spacial score (nSPS) is 18.3. The lowest BCUT2D eigenvalue weighted by Gasteiger charge is -2.23. The van der Waals surface area contributed by atoms with Crippen molar-refractivity contribution in [2.24, 2.45) is 5.92 Å². The van der Waals surface area contributed by atoms with E-state index in [1.54, 1.807) is 12.1 Å². The topological polar surface area (TPSA) is 47.6 Å². The van der Waals surface area contributed by atoms with Gasteiger partial charge in [0.2, 0.25) is 0 Å². The first-order valence-corrected chi connectivity index (χ1v) is 6.32. The van der Waals surface area contributed by atoms with Crippen molar-refractivity contribution >= 4 is 18.4 Å². The quantitative estimate of drug-likeness (QED) is 0.862. The summed E-state index contributed by atoms with van der Waals surface area (Å²) in [5.41, 5.74) is 0.490. The number of hydrogen-bond donors (Lipinski definition) is 1. The number of esters is 1. The largest absolute Gasteiger partial charge is 0.492 e. The summed E-state index contributed by atoms with van der Waals surface area (Å²) in [5.74, 6) is 0.770. The molecule has 19 heavy (non-hydrogen) atoms. The molecule has 1 atom stereocenters. The second-order valence-electron chi connectivity index (χ2n) is 4.51. The van der Waals surface area contributed by atoms with Crippen LogP contribution in [0.4, 0.5) is 0 Å². The number of para-hydroxylation sites is 1. The number of benzene rings is 1. The maximum absolute atomic E-state index is 11.6. The summed E-state index contributed by atoms with van der Waals surface area (Å²) in [6, 6.07) is 7.20. The molecule has 1 N–H and O–H groups in total. The Morgan fingerprint density at radius 1 is 1.42 bits per heavy atom. The van der Waals surface area contributed by atoms with Crippen molar-refractivity contribution in [3.8, 4) is 5.75 Å². The summed E-state index contributed by atoms with van der Waals surface area (Å²) in [6.07, 6.45) is 2.36. The molecule has 4 nitrogen and oxygen atoms in total. The van der Waals surface area contributed by atoms with Gasteiger partial charge in [-0.2, -0.15) is 0 Å². The Morgan fingerprint density at radius 3 is 2.89 bits per heavy atom. The van der Waals surface area contributed by atoms with Gasteiger partial charge in [-0.1, -0.05) is 12.1 Å². The van der Waals surface area contributed by atoms with Crippen LogP contribution in [-0.2, 0) is 4.74 Å². The van der Waals surface area contributed by atoms with Gasteiger partial charge in [-0.15, -0.1) is 12.4 Å². The van der Waals surface area contributed by atoms with Gasteiger partial charge in [0.05, 0.1) is 13.7 Å². The van der Waals surface area contributed by atoms with Crippen molar-refractivity contribution in [1.29, 1.82) is 0 Å². The van der Waals surface area contributed by atoms with Gasteiger partial charge in [-0.3, -0.25) is 0 Å². The van der Waals surface area contributed by atoms with Crippen molar-refractivity contribution in [2.75, 3.05) is 26.8 Å². The van der Waals surface area contributed by atoms with Crippen molar-refractivity contribution in [3.63, 3.8) is 0 Å². The summed E-state index contributed by atoms with van der Waals surface area (Å²) in [7, 11) is 1.38. The first-order valence-electron chi connectivity index (χ1n) is 6.32. The minimum absolute atomic E-state index is 0. The minimum Gasteiger partial charge on any atom is -0.492 e. The highest BCUT2D eigenvalue weighted by molar-refractivity contribution is 5.92. The van der Waals surface area contributed by atoms with Gasteiger partial charge in [0.1, 0.15) is 11.3 Å². The Hall–Kier alpha value is -1.26. The second-order valence-corrected chi connectivity index (χ2v) is 4.51. The SMILES string of the molecule is COC(=O)c1ccccc1OCC1CCCNC1.Cl. The molecule has 0 spiro atoms. The van der Waals surface area contributed by atoms with Gasteiger partial charge in [-0.05, 0) is 31.5 Å². The van der Waals surface area contributed by atoms with Crippen LogP contribution in [0.15, 0.2) is 24.3 Å². The van der Waals surface area contributed by atoms with Crippen LogP contribution in [0.1, 0.15) is 23.2 Å². The highest BCUT2D eigenvalue weighted by Gasteiger charge is 2.16. The van der Waals surface area contributed by atoms with E-state index in [0.717, 1.165) is 13.1 Å². The average Bonchev–Trinajstić information content (AvgIpc) is 2.45. The van der Waals surface area contributed by atoms with E-state index in [-0.39, 0.29) is 18.4 Å². The van der Waals surface area contributed by atoms with E-state index < -0.39 is 0 Å². The predicted molar refractivity (Wildman–Crippen MR) is 76.1 cm³/mol. The summed E-state index contributed by atoms with van der Waals surface area (Å²) in [4.78, 5) is 11.6. The first-order chi connectivity index (χ1) is 8.81. The molecule has 0 radical (unpaired) electrons. The van der Waals surface area contributed by atoms with Crippen LogP contribution in [0, 0.1) is 5.92 Å². The molecular weight excluding hydrogens is 266 g/mol. The molecular formula is C14H20ClNO3. The summed E-state index contributed by atoms with van der Waals surface area (Å²) in [5, 5.41) is 3.35. The van der Waals surface area contributed by atoms with Crippen LogP contribution in [0.25, 0.3) is 0 Å². The average molecular weight is 286 g/mol. The molecule has 106 valence electrons. The van der Waals surface area contributed by atoms with Gasteiger partial charge in [0.15, 0.2) is 0 Å². The molecule has 0 amide bonds. The van der Waals surface area contributed by atoms with Crippen LogP contribution in [-0.4, -0.2) is 32.8 Å². The molecule has 2 rings (SSSR count). The van der Waals surface area contributed by atoms with Crippen LogP contribution in [0.3, 0.4) is 0 Å². The number of halogens is 1. The molecule has 1 saturated heterocycles. The Balaban J connectivity index is 0.00000180. The molecule has 1 unspecified atom stereocenters. The molecule has 1 aliphatic rings. The molecule has 0 aliphatic carbocycles. The maximum atomic E-state index is 11.6. The highest BCUT2D eigenvalue weighted by atomic mass is 35.5. The zero-order chi connectivity index (χ0) is 12.8. The molecule has 0 saturated carbocycles. The second kappa shape index (κ2) is 8.02. The monoisotopic (exact) mass is 285 g/mol. The van der Waals surface area contributed by atoms with Gasteiger partial charge in [-0.25, -0.2) is 4.79 Å². The minimum atomic E-state index is -0.354. The fraction of sp³-hybridized carbons (Fsp3) is 0.500. The van der Waals surface area contributed by atoms with E-state index in [2.05, 4.69) is 5.32 Å². The summed E-state index contributed by atoms with van der Waals surface area (Å²) < 4.78 is 10.5. The van der Waals surface area contributed by atoms with Crippen LogP contribution < -0.4 is 10.1 Å². The fourth-order valence-corrected chi connectivity index (χ4v) is 2.14. The Bertz CT molecular complexity index is 405. The van der Waals surface area contributed by atoms with Gasteiger partial charge < -0.3 is 14.8 Å². The van der Waals surface area contributed by atoms with Gasteiger partial charge >= 0.3 is 5.97 Å². The number of hydrogen-bond acceptors (Lipinski definition) is 4. The smallest absolute Gasteiger partial charge is 0.341 e. The lowest BCUT2D eigenvalue weighted by atomic mass is 10.0. The van der Waals surface area contributed by atoms with Crippen LogP contribution >= 0.6 is 12.4 Å². The maximum Gasteiger partial charge on any atom is 0.341 e. The number of ether oxygens (including phenoxy) is 2. The number of methoxy groups -OCH3 is 1. The predicted octanol–water partition coefficient (Wildman–Crippen LogP) is 2.27. The Labute approximate surface area is 119 Å². The van der Waals surface area contributed by atoms with Crippen LogP contribution in [0.2, 0.25) is 0 Å². The Morgan fingerprint density at radius 2 is 2.21 bits per heavy atom. The van der Waals surface area contributed by atoms with E-state index in [4.69, 9.17) is 9.47 Å². The zero-order valence-corrected chi connectivity index (χ0v) is 11.9. The van der Waals surface area contributed by atoms with E-state index in [9.17, 15) is 4.79 Å². The van der Waals surface area contributed by atoms with Crippen molar-refractivity contribution < 1.29 is 14.3 Å². The third-order valence-corrected chi connectivity index (χ3v) is 3.17. The van der Waals surface area contributed by atoms with Gasteiger partial charge in [0.25, 0.3) is 0 Å². The first kappa shape index (κ1) is 15.8. The molecule has 0 aromatic heterocycles. The molecule has 5 heteroatoms. The molecule has 1 aromatic rings. The molecule has 1 aliphatic heterocycles. The highest BCUT2D eigenvalue weighted by Crippen LogP contribution is 2.20. The van der Waals surface area contributed by atoms with E-state index in [0.29, 0.717) is 23.8 Å². The number of nitrogens with one attached hydrogen (secondary N) is 1. The lowest BCUT2D eigenvalue weighted by Crippen LogP contribution is -2.33. The lowest BCUT2D eigenvalue weighted by molar-refractivity contribution is 0.0594.